The Morgan fingerprint density at radius 1 is 0.574 bits per heavy atom. The second-order valence-electron chi connectivity index (χ2n) is 17.4. The number of carbonyl (C=O) groups is 1. The number of carbonyl (C=O) groups excluding carboxylic acids is 1. The van der Waals surface area contributed by atoms with Gasteiger partial charge in [0.25, 0.3) is 0 Å². The molecule has 0 saturated carbocycles. The first-order valence-electron chi connectivity index (χ1n) is 26.0. The SMILES string of the molecule is CC/C=C\C/C=C\C/C=C\C/C=C\C/C=C\CCCCCCOCC(COC1OC(CO)C(O)C(OS(=O)(=O)O)C1O)OC(=O)CCCCCCCC/C=C\C/C=C\C/C=C\CCCCCCC. The molecule has 6 atom stereocenters. The lowest BCUT2D eigenvalue weighted by molar-refractivity contribution is -0.301. The Labute approximate surface area is 412 Å². The molecule has 1 heterocycles. The summed E-state index contributed by atoms with van der Waals surface area (Å²) in [6.45, 7) is 3.78. The number of ether oxygens (including phenoxy) is 4. The molecule has 68 heavy (non-hydrogen) atoms. The van der Waals surface area contributed by atoms with Gasteiger partial charge in [0.05, 0.1) is 19.8 Å². The van der Waals surface area contributed by atoms with Crippen molar-refractivity contribution in [3.8, 4) is 0 Å². The van der Waals surface area contributed by atoms with Crippen molar-refractivity contribution in [3.05, 3.63) is 97.2 Å². The first-order chi connectivity index (χ1) is 33.1. The van der Waals surface area contributed by atoms with E-state index in [4.69, 9.17) is 18.9 Å². The van der Waals surface area contributed by atoms with E-state index in [0.717, 1.165) is 116 Å². The van der Waals surface area contributed by atoms with Crippen molar-refractivity contribution in [3.63, 3.8) is 0 Å². The average Bonchev–Trinajstić information content (AvgIpc) is 3.31. The fourth-order valence-corrected chi connectivity index (χ4v) is 7.80. The summed E-state index contributed by atoms with van der Waals surface area (Å²) in [6, 6.07) is 0. The van der Waals surface area contributed by atoms with Gasteiger partial charge in [-0.25, -0.2) is 4.18 Å². The van der Waals surface area contributed by atoms with Crippen LogP contribution in [0.4, 0.5) is 0 Å². The minimum absolute atomic E-state index is 0.00692. The van der Waals surface area contributed by atoms with Crippen LogP contribution in [0.2, 0.25) is 0 Å². The van der Waals surface area contributed by atoms with Crippen LogP contribution in [0.15, 0.2) is 97.2 Å². The van der Waals surface area contributed by atoms with E-state index in [0.29, 0.717) is 13.0 Å². The van der Waals surface area contributed by atoms with Crippen molar-refractivity contribution in [2.45, 2.75) is 218 Å². The number of esters is 1. The molecular weight excluding hydrogens is 885 g/mol. The van der Waals surface area contributed by atoms with Crippen LogP contribution in [0, 0.1) is 0 Å². The minimum atomic E-state index is -5.08. The molecule has 0 aromatic rings. The summed E-state index contributed by atoms with van der Waals surface area (Å²) < 4.78 is 59.2. The van der Waals surface area contributed by atoms with E-state index >= 15 is 0 Å². The zero-order valence-electron chi connectivity index (χ0n) is 41.9. The molecule has 0 aromatic heterocycles. The summed E-state index contributed by atoms with van der Waals surface area (Å²) in [5, 5.41) is 30.8. The molecule has 6 unspecified atom stereocenters. The molecule has 0 bridgehead atoms. The van der Waals surface area contributed by atoms with Crippen LogP contribution in [-0.2, 0) is 38.3 Å². The highest BCUT2D eigenvalue weighted by Gasteiger charge is 2.48. The number of rotatable bonds is 44. The van der Waals surface area contributed by atoms with Gasteiger partial charge in [0, 0.05) is 13.0 Å². The molecule has 4 N–H and O–H groups in total. The number of hydrogen-bond donors (Lipinski definition) is 4. The number of aliphatic hydroxyl groups is 3. The predicted molar refractivity (Wildman–Crippen MR) is 275 cm³/mol. The van der Waals surface area contributed by atoms with Gasteiger partial charge in [0.1, 0.15) is 30.5 Å². The zero-order chi connectivity index (χ0) is 49.6. The zero-order valence-corrected chi connectivity index (χ0v) is 42.7. The first kappa shape index (κ1) is 63.0. The molecule has 1 saturated heterocycles. The van der Waals surface area contributed by atoms with Gasteiger partial charge in [-0.05, 0) is 96.3 Å². The summed E-state index contributed by atoms with van der Waals surface area (Å²) in [5.74, 6) is -0.424. The van der Waals surface area contributed by atoms with E-state index in [-0.39, 0.29) is 19.6 Å². The van der Waals surface area contributed by atoms with Crippen LogP contribution >= 0.6 is 0 Å². The molecule has 0 amide bonds. The maximum atomic E-state index is 12.9. The van der Waals surface area contributed by atoms with E-state index in [1.165, 1.54) is 38.5 Å². The van der Waals surface area contributed by atoms with E-state index < -0.39 is 59.8 Å². The molecule has 0 spiro atoms. The fourth-order valence-electron chi connectivity index (χ4n) is 7.29. The van der Waals surface area contributed by atoms with Gasteiger partial charge in [0.15, 0.2) is 6.29 Å². The summed E-state index contributed by atoms with van der Waals surface area (Å²) in [7, 11) is -5.08. The van der Waals surface area contributed by atoms with E-state index in [1.807, 2.05) is 0 Å². The number of hydrogen-bond acceptors (Lipinski definition) is 11. The third-order valence-corrected chi connectivity index (χ3v) is 11.7. The third kappa shape index (κ3) is 37.9. The molecule has 1 aliphatic heterocycles. The highest BCUT2D eigenvalue weighted by atomic mass is 32.3. The Morgan fingerprint density at radius 3 is 1.49 bits per heavy atom. The number of allylic oxidation sites excluding steroid dienone is 16. The van der Waals surface area contributed by atoms with Crippen LogP contribution < -0.4 is 0 Å². The standard InChI is InChI=1S/C55H92O12S/c1-3-5-7-9-11-13-15-17-19-21-23-25-26-28-30-32-34-36-38-40-42-44-51(57)65-49(48-64-55-53(59)54(67-68(60,61)62)52(58)50(46-56)66-55)47-63-45-43-41-39-37-35-33-31-29-27-24-22-20-18-16-14-12-10-8-6-4-2/h6,8,12,14-15,17-18,20-21,23-24,26-28,31,33,49-50,52-56,58-59H,3-5,7,9-11,13,16,19,22,25,29-30,32,34-48H2,1-2H3,(H,60,61,62)/b8-6-,14-12-,17-15-,20-18-,23-21-,27-24-,28-26-,33-31-. The van der Waals surface area contributed by atoms with Crippen LogP contribution in [0.5, 0.6) is 0 Å². The first-order valence-corrected chi connectivity index (χ1v) is 27.4. The van der Waals surface area contributed by atoms with E-state index in [1.54, 1.807) is 0 Å². The Hall–Kier alpha value is -2.98. The lowest BCUT2D eigenvalue weighted by atomic mass is 9.99. The molecule has 1 rings (SSSR count). The maximum Gasteiger partial charge on any atom is 0.397 e. The van der Waals surface area contributed by atoms with Crippen LogP contribution in [0.3, 0.4) is 0 Å². The van der Waals surface area contributed by atoms with Crippen molar-refractivity contribution >= 4 is 16.4 Å². The smallest absolute Gasteiger partial charge is 0.397 e. The second-order valence-corrected chi connectivity index (χ2v) is 18.4. The lowest BCUT2D eigenvalue weighted by Gasteiger charge is -2.41. The monoisotopic (exact) mass is 977 g/mol. The van der Waals surface area contributed by atoms with Gasteiger partial charge in [-0.3, -0.25) is 9.35 Å². The summed E-state index contributed by atoms with van der Waals surface area (Å²) in [5.41, 5.74) is 0. The van der Waals surface area contributed by atoms with Gasteiger partial charge < -0.3 is 34.3 Å². The quantitative estimate of drug-likeness (QED) is 0.0197. The predicted octanol–water partition coefficient (Wildman–Crippen LogP) is 12.2. The van der Waals surface area contributed by atoms with Crippen molar-refractivity contribution in [2.24, 2.45) is 0 Å². The van der Waals surface area contributed by atoms with Gasteiger partial charge in [0.2, 0.25) is 0 Å². The summed E-state index contributed by atoms with van der Waals surface area (Å²) in [6.07, 6.45) is 52.9. The van der Waals surface area contributed by atoms with E-state index in [2.05, 4.69) is 115 Å². The third-order valence-electron chi connectivity index (χ3n) is 11.2. The molecule has 1 aliphatic rings. The summed E-state index contributed by atoms with van der Waals surface area (Å²) in [4.78, 5) is 12.9. The van der Waals surface area contributed by atoms with Crippen molar-refractivity contribution in [2.75, 3.05) is 26.4 Å². The largest absolute Gasteiger partial charge is 0.457 e. The van der Waals surface area contributed by atoms with Gasteiger partial charge >= 0.3 is 16.4 Å². The highest BCUT2D eigenvalue weighted by Crippen LogP contribution is 2.26. The second kappa shape index (κ2) is 45.2. The number of aliphatic hydroxyl groups excluding tert-OH is 3. The van der Waals surface area contributed by atoms with Gasteiger partial charge in [-0.15, -0.1) is 0 Å². The minimum Gasteiger partial charge on any atom is -0.457 e. The Morgan fingerprint density at radius 2 is 1.01 bits per heavy atom. The molecule has 0 aliphatic carbocycles. The van der Waals surface area contributed by atoms with E-state index in [9.17, 15) is 33.1 Å². The van der Waals surface area contributed by atoms with Gasteiger partial charge in [-0.2, -0.15) is 8.42 Å². The van der Waals surface area contributed by atoms with Crippen molar-refractivity contribution < 1.29 is 56.2 Å². The Balaban J connectivity index is 2.41. The average molecular weight is 977 g/mol. The molecule has 0 radical (unpaired) electrons. The Bertz CT molecular complexity index is 1550. The molecule has 390 valence electrons. The maximum absolute atomic E-state index is 12.9. The fraction of sp³-hybridized carbons (Fsp3) is 0.691. The van der Waals surface area contributed by atoms with Crippen molar-refractivity contribution in [1.29, 1.82) is 0 Å². The topological polar surface area (TPSA) is 178 Å². The normalized spacial score (nSPS) is 20.1. The lowest BCUT2D eigenvalue weighted by Crippen LogP contribution is -2.60. The molecule has 13 heteroatoms. The molecule has 1 fully saturated rings. The molecule has 0 aromatic carbocycles. The van der Waals surface area contributed by atoms with Crippen LogP contribution in [0.1, 0.15) is 181 Å². The van der Waals surface area contributed by atoms with Crippen molar-refractivity contribution in [1.82, 2.24) is 0 Å². The summed E-state index contributed by atoms with van der Waals surface area (Å²) >= 11 is 0. The Kier molecular flexibility index (Phi) is 41.9. The highest BCUT2D eigenvalue weighted by molar-refractivity contribution is 7.80. The van der Waals surface area contributed by atoms with Crippen LogP contribution in [0.25, 0.3) is 0 Å². The van der Waals surface area contributed by atoms with Gasteiger partial charge in [-0.1, -0.05) is 175 Å². The van der Waals surface area contributed by atoms with Crippen LogP contribution in [-0.4, -0.2) is 97.5 Å². The molecule has 12 nitrogen and oxygen atoms in total. The number of unbranched alkanes of at least 4 members (excludes halogenated alkanes) is 15. The molecular formula is C55H92O12S.